The van der Waals surface area contributed by atoms with E-state index in [0.717, 1.165) is 28.1 Å². The first kappa shape index (κ1) is 25.2. The van der Waals surface area contributed by atoms with Gasteiger partial charge < -0.3 is 0 Å². The standard InChI is InChI=1S/C26H27N5O4S2/c1-18-5-4-6-24(28-18)26-23(17-31(29-26)21-12-14-30(16-21)37(3,34)35)20-11-13-27-25(15-20)19-7-9-22(10-8-19)36(2,32)33/h4-11,13,15,17,21H,12,14,16H2,1-3H3/t21-/m1/s1. The lowest BCUT2D eigenvalue weighted by molar-refractivity contribution is 0.438. The van der Waals surface area contributed by atoms with Crippen LogP contribution in [0.5, 0.6) is 0 Å². The maximum Gasteiger partial charge on any atom is 0.211 e. The van der Waals surface area contributed by atoms with Gasteiger partial charge in [0.15, 0.2) is 9.84 Å². The van der Waals surface area contributed by atoms with Crippen LogP contribution in [-0.2, 0) is 19.9 Å². The number of nitrogens with zero attached hydrogens (tertiary/aromatic N) is 5. The van der Waals surface area contributed by atoms with E-state index in [2.05, 4.69) is 9.97 Å². The Morgan fingerprint density at radius 3 is 2.32 bits per heavy atom. The molecule has 1 atom stereocenters. The summed E-state index contributed by atoms with van der Waals surface area (Å²) in [6.07, 6.45) is 6.73. The van der Waals surface area contributed by atoms with Crippen molar-refractivity contribution in [2.75, 3.05) is 25.6 Å². The molecule has 0 unspecified atom stereocenters. The van der Waals surface area contributed by atoms with Crippen molar-refractivity contribution in [1.29, 1.82) is 0 Å². The number of rotatable bonds is 6. The van der Waals surface area contributed by atoms with E-state index in [1.165, 1.54) is 16.8 Å². The lowest BCUT2D eigenvalue weighted by Gasteiger charge is -2.13. The van der Waals surface area contributed by atoms with Gasteiger partial charge in [0.1, 0.15) is 5.69 Å². The summed E-state index contributed by atoms with van der Waals surface area (Å²) in [4.78, 5) is 9.43. The molecule has 0 spiro atoms. The Hall–Kier alpha value is -3.41. The number of sulfonamides is 1. The Morgan fingerprint density at radius 2 is 1.68 bits per heavy atom. The first-order valence-corrected chi connectivity index (χ1v) is 15.5. The molecule has 4 aromatic rings. The van der Waals surface area contributed by atoms with Crippen LogP contribution in [0.3, 0.4) is 0 Å². The second-order valence-corrected chi connectivity index (χ2v) is 13.3. The van der Waals surface area contributed by atoms with Crippen LogP contribution in [0.15, 0.2) is 71.9 Å². The first-order chi connectivity index (χ1) is 17.5. The summed E-state index contributed by atoms with van der Waals surface area (Å²) >= 11 is 0. The molecule has 1 aliphatic heterocycles. The first-order valence-electron chi connectivity index (χ1n) is 11.7. The Labute approximate surface area is 216 Å². The van der Waals surface area contributed by atoms with E-state index < -0.39 is 19.9 Å². The predicted octanol–water partition coefficient (Wildman–Crippen LogP) is 3.59. The molecule has 5 rings (SSSR count). The molecule has 3 aromatic heterocycles. The summed E-state index contributed by atoms with van der Waals surface area (Å²) in [6.45, 7) is 2.75. The highest BCUT2D eigenvalue weighted by Gasteiger charge is 2.31. The Bertz CT molecular complexity index is 1680. The van der Waals surface area contributed by atoms with Gasteiger partial charge in [-0.25, -0.2) is 16.8 Å². The van der Waals surface area contributed by atoms with Crippen LogP contribution < -0.4 is 0 Å². The van der Waals surface area contributed by atoms with Crippen LogP contribution in [-0.4, -0.2) is 66.5 Å². The topological polar surface area (TPSA) is 115 Å². The minimum Gasteiger partial charge on any atom is -0.267 e. The van der Waals surface area contributed by atoms with Crippen molar-refractivity contribution in [3.05, 3.63) is 72.7 Å². The third kappa shape index (κ3) is 5.34. The summed E-state index contributed by atoms with van der Waals surface area (Å²) in [5, 5.41) is 4.88. The number of sulfone groups is 1. The highest BCUT2D eigenvalue weighted by atomic mass is 32.2. The molecule has 4 heterocycles. The smallest absolute Gasteiger partial charge is 0.211 e. The van der Waals surface area contributed by atoms with Gasteiger partial charge in [0.05, 0.1) is 28.6 Å². The number of hydrogen-bond donors (Lipinski definition) is 0. The summed E-state index contributed by atoms with van der Waals surface area (Å²) < 4.78 is 51.1. The number of aromatic nitrogens is 4. The van der Waals surface area contributed by atoms with Crippen LogP contribution in [0.2, 0.25) is 0 Å². The zero-order valence-electron chi connectivity index (χ0n) is 20.7. The van der Waals surface area contributed by atoms with Crippen molar-refractivity contribution in [3.63, 3.8) is 0 Å². The van der Waals surface area contributed by atoms with Crippen LogP contribution in [0.4, 0.5) is 0 Å². The summed E-state index contributed by atoms with van der Waals surface area (Å²) in [6, 6.07) is 16.2. The van der Waals surface area contributed by atoms with Crippen molar-refractivity contribution in [2.24, 2.45) is 0 Å². The summed E-state index contributed by atoms with van der Waals surface area (Å²) in [5.74, 6) is 0. The number of aryl methyl sites for hydroxylation is 1. The number of hydrogen-bond acceptors (Lipinski definition) is 7. The molecule has 0 N–H and O–H groups in total. The number of benzene rings is 1. The van der Waals surface area contributed by atoms with Crippen molar-refractivity contribution in [2.45, 2.75) is 24.3 Å². The Balaban J connectivity index is 1.57. The summed E-state index contributed by atoms with van der Waals surface area (Å²) in [5.41, 5.74) is 5.50. The monoisotopic (exact) mass is 537 g/mol. The predicted molar refractivity (Wildman–Crippen MR) is 142 cm³/mol. The molecule has 1 aromatic carbocycles. The molecular formula is C26H27N5O4S2. The molecular weight excluding hydrogens is 510 g/mol. The van der Waals surface area contributed by atoms with E-state index in [1.54, 1.807) is 30.5 Å². The second kappa shape index (κ2) is 9.47. The fourth-order valence-corrected chi connectivity index (χ4v) is 6.02. The van der Waals surface area contributed by atoms with Gasteiger partial charge in [0.25, 0.3) is 0 Å². The van der Waals surface area contributed by atoms with E-state index >= 15 is 0 Å². The van der Waals surface area contributed by atoms with E-state index in [1.807, 2.05) is 48.1 Å². The van der Waals surface area contributed by atoms with Crippen molar-refractivity contribution < 1.29 is 16.8 Å². The van der Waals surface area contributed by atoms with Gasteiger partial charge in [0.2, 0.25) is 10.0 Å². The zero-order valence-corrected chi connectivity index (χ0v) is 22.4. The zero-order chi connectivity index (χ0) is 26.4. The lowest BCUT2D eigenvalue weighted by atomic mass is 10.0. The molecule has 1 aliphatic rings. The largest absolute Gasteiger partial charge is 0.267 e. The Morgan fingerprint density at radius 1 is 0.919 bits per heavy atom. The molecule has 11 heteroatoms. The molecule has 1 fully saturated rings. The van der Waals surface area contributed by atoms with Gasteiger partial charge in [-0.1, -0.05) is 18.2 Å². The molecule has 9 nitrogen and oxygen atoms in total. The fourth-order valence-electron chi connectivity index (χ4n) is 4.51. The SMILES string of the molecule is Cc1cccc(-c2nn([C@@H]3CCN(S(C)(=O)=O)C3)cc2-c2ccnc(-c3ccc(S(C)(=O)=O)cc3)c2)n1. The van der Waals surface area contributed by atoms with Crippen LogP contribution in [0, 0.1) is 6.92 Å². The van der Waals surface area contributed by atoms with Crippen molar-refractivity contribution >= 4 is 19.9 Å². The second-order valence-electron chi connectivity index (χ2n) is 9.33. The maximum atomic E-state index is 12.1. The normalized spacial score (nSPS) is 16.8. The number of pyridine rings is 2. The highest BCUT2D eigenvalue weighted by Crippen LogP contribution is 2.34. The van der Waals surface area contributed by atoms with Gasteiger partial charge in [0, 0.05) is 48.6 Å². The van der Waals surface area contributed by atoms with Gasteiger partial charge in [-0.3, -0.25) is 14.6 Å². The molecule has 1 saturated heterocycles. The Kier molecular flexibility index (Phi) is 6.47. The quantitative estimate of drug-likeness (QED) is 0.369. The molecule has 0 bridgehead atoms. The third-order valence-electron chi connectivity index (χ3n) is 6.48. The van der Waals surface area contributed by atoms with Gasteiger partial charge in [-0.05, 0) is 55.3 Å². The van der Waals surface area contributed by atoms with Gasteiger partial charge in [-0.2, -0.15) is 9.40 Å². The van der Waals surface area contributed by atoms with E-state index in [9.17, 15) is 16.8 Å². The molecule has 0 amide bonds. The van der Waals surface area contributed by atoms with E-state index in [-0.39, 0.29) is 10.9 Å². The van der Waals surface area contributed by atoms with E-state index in [4.69, 9.17) is 5.10 Å². The lowest BCUT2D eigenvalue weighted by Crippen LogP contribution is -2.28. The van der Waals surface area contributed by atoms with Gasteiger partial charge >= 0.3 is 0 Å². The maximum absolute atomic E-state index is 12.1. The average molecular weight is 538 g/mol. The van der Waals surface area contributed by atoms with E-state index in [0.29, 0.717) is 30.9 Å². The van der Waals surface area contributed by atoms with Crippen LogP contribution in [0.1, 0.15) is 18.2 Å². The van der Waals surface area contributed by atoms with Crippen molar-refractivity contribution in [3.8, 4) is 33.8 Å². The molecule has 192 valence electrons. The molecule has 0 aliphatic carbocycles. The van der Waals surface area contributed by atoms with Crippen LogP contribution >= 0.6 is 0 Å². The third-order valence-corrected chi connectivity index (χ3v) is 8.88. The van der Waals surface area contributed by atoms with Gasteiger partial charge in [-0.15, -0.1) is 0 Å². The minimum absolute atomic E-state index is 0.0862. The highest BCUT2D eigenvalue weighted by molar-refractivity contribution is 7.90. The molecule has 0 saturated carbocycles. The summed E-state index contributed by atoms with van der Waals surface area (Å²) in [7, 11) is -6.56. The average Bonchev–Trinajstić information content (AvgIpc) is 3.52. The molecule has 37 heavy (non-hydrogen) atoms. The van der Waals surface area contributed by atoms with Crippen LogP contribution in [0.25, 0.3) is 33.8 Å². The fraction of sp³-hybridized carbons (Fsp3) is 0.269. The molecule has 0 radical (unpaired) electrons. The van der Waals surface area contributed by atoms with Crippen molar-refractivity contribution in [1.82, 2.24) is 24.1 Å². The minimum atomic E-state index is -3.29.